The van der Waals surface area contributed by atoms with Gasteiger partial charge in [-0.3, -0.25) is 29.0 Å². The van der Waals surface area contributed by atoms with E-state index in [4.69, 9.17) is 11.5 Å². The van der Waals surface area contributed by atoms with Crippen molar-refractivity contribution in [2.45, 2.75) is 77.0 Å². The van der Waals surface area contributed by atoms with Crippen LogP contribution in [0.4, 0.5) is 4.39 Å². The first kappa shape index (κ1) is 33.0. The van der Waals surface area contributed by atoms with Crippen molar-refractivity contribution in [3.8, 4) is 0 Å². The van der Waals surface area contributed by atoms with E-state index in [2.05, 4.69) is 31.6 Å². The number of benzene rings is 1. The van der Waals surface area contributed by atoms with Gasteiger partial charge in [0.25, 0.3) is 0 Å². The number of nitrogens with two attached hydrogens (primary N) is 2. The van der Waals surface area contributed by atoms with Crippen molar-refractivity contribution in [1.82, 2.24) is 26.6 Å². The molecular weight excluding hydrogens is 535 g/mol. The molecule has 5 amide bonds. The van der Waals surface area contributed by atoms with E-state index in [0.717, 1.165) is 6.07 Å². The molecule has 1 fully saturated rings. The van der Waals surface area contributed by atoms with Gasteiger partial charge >= 0.3 is 0 Å². The largest absolute Gasteiger partial charge is 0.370 e. The second kappa shape index (κ2) is 15.0. The number of carbonyl (C=O) groups is 5. The lowest BCUT2D eigenvalue weighted by atomic mass is 9.94. The van der Waals surface area contributed by atoms with E-state index < -0.39 is 64.9 Å². The SMILES string of the molecule is CC[C@@H]1NC(=O)[C@H](CCCN=C(N)N)NC(=O)[C@](C)(NC(=O)C(C)C)CCNC(=O)[C@@H](c2cccc(F)c2)NC1=O. The van der Waals surface area contributed by atoms with E-state index >= 15 is 0 Å². The maximum Gasteiger partial charge on any atom is 0.247 e. The summed E-state index contributed by atoms with van der Waals surface area (Å²) in [7, 11) is 0. The molecule has 1 heterocycles. The van der Waals surface area contributed by atoms with Crippen LogP contribution in [0.15, 0.2) is 29.3 Å². The quantitative estimate of drug-likeness (QED) is 0.122. The molecule has 9 N–H and O–H groups in total. The third kappa shape index (κ3) is 9.72. The van der Waals surface area contributed by atoms with Crippen LogP contribution in [0.5, 0.6) is 0 Å². The van der Waals surface area contributed by atoms with Crippen molar-refractivity contribution in [2.24, 2.45) is 22.4 Å². The van der Waals surface area contributed by atoms with Gasteiger partial charge in [-0.1, -0.05) is 32.9 Å². The molecule has 1 aliphatic rings. The minimum absolute atomic E-state index is 0.0488. The van der Waals surface area contributed by atoms with Crippen LogP contribution in [0.2, 0.25) is 0 Å². The molecule has 0 spiro atoms. The molecule has 1 aliphatic heterocycles. The Morgan fingerprint density at radius 3 is 2.39 bits per heavy atom. The van der Waals surface area contributed by atoms with E-state index in [1.807, 2.05) is 0 Å². The highest BCUT2D eigenvalue weighted by Crippen LogP contribution is 2.18. The maximum absolute atomic E-state index is 14.0. The fourth-order valence-electron chi connectivity index (χ4n) is 4.13. The molecule has 1 aromatic rings. The Balaban J connectivity index is 2.48. The van der Waals surface area contributed by atoms with Gasteiger partial charge in [0.05, 0.1) is 0 Å². The van der Waals surface area contributed by atoms with Crippen LogP contribution >= 0.6 is 0 Å². The van der Waals surface area contributed by atoms with Crippen molar-refractivity contribution < 1.29 is 28.4 Å². The zero-order chi connectivity index (χ0) is 30.7. The van der Waals surface area contributed by atoms with E-state index in [0.29, 0.717) is 6.42 Å². The first-order valence-corrected chi connectivity index (χ1v) is 13.6. The number of guanidine groups is 1. The summed E-state index contributed by atoms with van der Waals surface area (Å²) in [5, 5.41) is 13.3. The van der Waals surface area contributed by atoms with Gasteiger partial charge in [0.15, 0.2) is 5.96 Å². The fourth-order valence-corrected chi connectivity index (χ4v) is 4.13. The third-order valence-corrected chi connectivity index (χ3v) is 6.69. The van der Waals surface area contributed by atoms with Crippen LogP contribution in [-0.2, 0) is 24.0 Å². The van der Waals surface area contributed by atoms with Gasteiger partial charge in [0, 0.05) is 19.0 Å². The number of nitrogens with one attached hydrogen (secondary N) is 5. The smallest absolute Gasteiger partial charge is 0.247 e. The van der Waals surface area contributed by atoms with Gasteiger partial charge in [0.1, 0.15) is 29.5 Å². The van der Waals surface area contributed by atoms with Crippen LogP contribution in [0, 0.1) is 11.7 Å². The first-order chi connectivity index (χ1) is 19.3. The van der Waals surface area contributed by atoms with E-state index in [1.54, 1.807) is 20.8 Å². The standard InChI is InChI=1S/C27H41FN8O5/c1-5-18-22(38)35-20(16-8-6-9-17(28)14-16)24(40)31-13-11-27(4,36-21(37)15(2)3)25(41)34-19(23(39)33-18)10-7-12-32-26(29)30/h6,8-9,14-15,18-20H,5,7,10-13H2,1-4H3,(H,31,40)(H,33,39)(H,34,41)(H,35,38)(H,36,37)(H4,29,30,32)/t18-,19-,20+,27+/m0/s1. The van der Waals surface area contributed by atoms with Crippen LogP contribution < -0.4 is 38.1 Å². The summed E-state index contributed by atoms with van der Waals surface area (Å²) in [5.41, 5.74) is 9.43. The summed E-state index contributed by atoms with van der Waals surface area (Å²) in [6.07, 6.45) is 0.563. The number of aliphatic imine (C=N–C) groups is 1. The highest BCUT2D eigenvalue weighted by Gasteiger charge is 2.38. The number of amides is 5. The molecule has 2 rings (SSSR count). The molecule has 41 heavy (non-hydrogen) atoms. The summed E-state index contributed by atoms with van der Waals surface area (Å²) >= 11 is 0. The molecule has 0 bridgehead atoms. The van der Waals surface area contributed by atoms with Crippen molar-refractivity contribution in [1.29, 1.82) is 0 Å². The zero-order valence-corrected chi connectivity index (χ0v) is 23.9. The first-order valence-electron chi connectivity index (χ1n) is 13.6. The average Bonchev–Trinajstić information content (AvgIpc) is 2.90. The Kier molecular flexibility index (Phi) is 12.0. The van der Waals surface area contributed by atoms with Crippen LogP contribution in [-0.4, -0.2) is 66.2 Å². The lowest BCUT2D eigenvalue weighted by molar-refractivity contribution is -0.138. The van der Waals surface area contributed by atoms with Gasteiger partial charge in [-0.25, -0.2) is 4.39 Å². The molecule has 0 radical (unpaired) electrons. The molecule has 1 aromatic carbocycles. The number of hydrogen-bond acceptors (Lipinski definition) is 6. The summed E-state index contributed by atoms with van der Waals surface area (Å²) < 4.78 is 14.0. The fraction of sp³-hybridized carbons (Fsp3) is 0.556. The predicted molar refractivity (Wildman–Crippen MR) is 150 cm³/mol. The second-order valence-electron chi connectivity index (χ2n) is 10.5. The maximum atomic E-state index is 14.0. The monoisotopic (exact) mass is 576 g/mol. The molecule has 13 nitrogen and oxygen atoms in total. The number of halogens is 1. The summed E-state index contributed by atoms with van der Waals surface area (Å²) in [6.45, 7) is 6.60. The van der Waals surface area contributed by atoms with Gasteiger partial charge in [0.2, 0.25) is 29.5 Å². The molecule has 0 aliphatic carbocycles. The normalized spacial score (nSPS) is 24.3. The molecule has 4 atom stereocenters. The molecular formula is C27H41FN8O5. The second-order valence-corrected chi connectivity index (χ2v) is 10.5. The van der Waals surface area contributed by atoms with E-state index in [9.17, 15) is 28.4 Å². The molecule has 14 heteroatoms. The lowest BCUT2D eigenvalue weighted by Gasteiger charge is -2.33. The summed E-state index contributed by atoms with van der Waals surface area (Å²) in [5.74, 6) is -4.19. The van der Waals surface area contributed by atoms with Crippen LogP contribution in [0.25, 0.3) is 0 Å². The number of carbonyl (C=O) groups excluding carboxylic acids is 5. The highest BCUT2D eigenvalue weighted by molar-refractivity contribution is 5.97. The minimum Gasteiger partial charge on any atom is -0.370 e. The Morgan fingerprint density at radius 1 is 1.10 bits per heavy atom. The van der Waals surface area contributed by atoms with Gasteiger partial charge in [-0.2, -0.15) is 0 Å². The Morgan fingerprint density at radius 2 is 1.78 bits per heavy atom. The highest BCUT2D eigenvalue weighted by atomic mass is 19.1. The number of hydrogen-bond donors (Lipinski definition) is 7. The van der Waals surface area contributed by atoms with E-state index in [1.165, 1.54) is 25.1 Å². The van der Waals surface area contributed by atoms with Crippen molar-refractivity contribution in [2.75, 3.05) is 13.1 Å². The topological polar surface area (TPSA) is 210 Å². The predicted octanol–water partition coefficient (Wildman–Crippen LogP) is -0.533. The van der Waals surface area contributed by atoms with E-state index in [-0.39, 0.29) is 43.9 Å². The average molecular weight is 577 g/mol. The third-order valence-electron chi connectivity index (χ3n) is 6.69. The summed E-state index contributed by atoms with van der Waals surface area (Å²) in [6, 6.07) is 1.78. The van der Waals surface area contributed by atoms with Gasteiger partial charge in [-0.05, 0) is 50.3 Å². The van der Waals surface area contributed by atoms with Crippen molar-refractivity contribution in [3.05, 3.63) is 35.6 Å². The molecule has 0 saturated carbocycles. The van der Waals surface area contributed by atoms with Crippen molar-refractivity contribution in [3.63, 3.8) is 0 Å². The van der Waals surface area contributed by atoms with Crippen molar-refractivity contribution >= 4 is 35.5 Å². The van der Waals surface area contributed by atoms with Gasteiger partial charge < -0.3 is 38.1 Å². The zero-order valence-electron chi connectivity index (χ0n) is 23.9. The lowest BCUT2D eigenvalue weighted by Crippen LogP contribution is -2.63. The van der Waals surface area contributed by atoms with Crippen LogP contribution in [0.1, 0.15) is 65.0 Å². The Hall–Kier alpha value is -4.23. The molecule has 0 unspecified atom stereocenters. The molecule has 226 valence electrons. The minimum atomic E-state index is -1.52. The Labute approximate surface area is 238 Å². The molecule has 1 saturated heterocycles. The Bertz CT molecular complexity index is 1160. The number of nitrogens with zero attached hydrogens (tertiary/aromatic N) is 1. The molecule has 0 aromatic heterocycles. The van der Waals surface area contributed by atoms with Crippen LogP contribution in [0.3, 0.4) is 0 Å². The number of rotatable bonds is 8. The van der Waals surface area contributed by atoms with Gasteiger partial charge in [-0.15, -0.1) is 0 Å². The summed E-state index contributed by atoms with van der Waals surface area (Å²) in [4.78, 5) is 69.9.